The average Bonchev–Trinajstić information content (AvgIpc) is 2.64. The highest BCUT2D eigenvalue weighted by Crippen LogP contribution is 2.06. The molecule has 0 amide bonds. The number of benzene rings is 2. The van der Waals surface area contributed by atoms with Crippen molar-refractivity contribution in [2.24, 2.45) is 11.5 Å². The molecule has 0 saturated carbocycles. The van der Waals surface area contributed by atoms with E-state index in [1.807, 2.05) is 48.5 Å². The number of nitrogens with two attached hydrogens (primary N) is 2. The fourth-order valence-electron chi connectivity index (χ4n) is 2.03. The van der Waals surface area contributed by atoms with Crippen LogP contribution in [-0.4, -0.2) is 18.5 Å². The third kappa shape index (κ3) is 10.1. The Hall–Kier alpha value is -2.50. The second-order valence-corrected chi connectivity index (χ2v) is 5.41. The molecule has 2 aromatic carbocycles. The Morgan fingerprint density at radius 3 is 1.56 bits per heavy atom. The fourth-order valence-corrected chi connectivity index (χ4v) is 2.03. The zero-order chi connectivity index (χ0) is 18.3. The van der Waals surface area contributed by atoms with Crippen LogP contribution in [0.3, 0.4) is 0 Å². The van der Waals surface area contributed by atoms with Gasteiger partial charge in [-0.3, -0.25) is 9.59 Å². The van der Waals surface area contributed by atoms with Crippen LogP contribution in [0.5, 0.6) is 0 Å². The zero-order valence-corrected chi connectivity index (χ0v) is 14.4. The van der Waals surface area contributed by atoms with Crippen LogP contribution in [0.4, 0.5) is 0 Å². The summed E-state index contributed by atoms with van der Waals surface area (Å²) in [5.74, 6) is -0.775. The van der Waals surface area contributed by atoms with Crippen molar-refractivity contribution in [2.75, 3.05) is 6.54 Å². The summed E-state index contributed by atoms with van der Waals surface area (Å²) in [6.45, 7) is 1.38. The molecular weight excluding hydrogens is 316 g/mol. The minimum absolute atomic E-state index is 0.388. The molecule has 5 heteroatoms. The van der Waals surface area contributed by atoms with E-state index >= 15 is 0 Å². The Labute approximate surface area is 149 Å². The second kappa shape index (κ2) is 12.9. The number of ether oxygens (including phenoxy) is 1. The van der Waals surface area contributed by atoms with Gasteiger partial charge in [0.1, 0.15) is 0 Å². The van der Waals surface area contributed by atoms with Gasteiger partial charge in [-0.1, -0.05) is 60.7 Å². The van der Waals surface area contributed by atoms with E-state index in [4.69, 9.17) is 11.5 Å². The van der Waals surface area contributed by atoms with Crippen molar-refractivity contribution in [1.82, 2.24) is 0 Å². The molecule has 0 aliphatic carbocycles. The number of carbonyl (C=O) groups is 2. The molecule has 25 heavy (non-hydrogen) atoms. The van der Waals surface area contributed by atoms with Crippen LogP contribution >= 0.6 is 0 Å². The van der Waals surface area contributed by atoms with Gasteiger partial charge in [0.25, 0.3) is 0 Å². The van der Waals surface area contributed by atoms with E-state index < -0.39 is 0 Å². The van der Waals surface area contributed by atoms with Gasteiger partial charge in [-0.05, 0) is 30.5 Å². The molecule has 0 radical (unpaired) electrons. The quantitative estimate of drug-likeness (QED) is 0.660. The summed E-state index contributed by atoms with van der Waals surface area (Å²) in [5.41, 5.74) is 13.2. The SMILES string of the molecule is NCCc1ccccc1.NCc1ccccc1.O=C1CCCC(=O)O1. The zero-order valence-electron chi connectivity index (χ0n) is 14.4. The molecule has 2 aromatic rings. The smallest absolute Gasteiger partial charge is 0.313 e. The fraction of sp³-hybridized carbons (Fsp3) is 0.300. The van der Waals surface area contributed by atoms with Gasteiger partial charge < -0.3 is 16.2 Å². The third-order valence-corrected chi connectivity index (χ3v) is 3.34. The lowest BCUT2D eigenvalue weighted by molar-refractivity contribution is -0.163. The normalized spacial score (nSPS) is 12.9. The Bertz CT molecular complexity index is 601. The molecule has 4 N–H and O–H groups in total. The summed E-state index contributed by atoms with van der Waals surface area (Å²) in [5, 5.41) is 0. The van der Waals surface area contributed by atoms with Crippen molar-refractivity contribution in [3.8, 4) is 0 Å². The highest BCUT2D eigenvalue weighted by Gasteiger charge is 2.15. The van der Waals surface area contributed by atoms with Gasteiger partial charge in [0, 0.05) is 19.4 Å². The molecule has 0 bridgehead atoms. The van der Waals surface area contributed by atoms with Crippen molar-refractivity contribution < 1.29 is 14.3 Å². The number of hydrogen-bond acceptors (Lipinski definition) is 5. The molecule has 134 valence electrons. The summed E-state index contributed by atoms with van der Waals surface area (Å²) < 4.78 is 4.21. The van der Waals surface area contributed by atoms with Crippen LogP contribution in [0.25, 0.3) is 0 Å². The number of cyclic esters (lactones) is 2. The van der Waals surface area contributed by atoms with Crippen LogP contribution in [0, 0.1) is 0 Å². The molecule has 5 nitrogen and oxygen atoms in total. The van der Waals surface area contributed by atoms with Crippen LogP contribution in [0.15, 0.2) is 60.7 Å². The third-order valence-electron chi connectivity index (χ3n) is 3.34. The summed E-state index contributed by atoms with van der Waals surface area (Å²) in [4.78, 5) is 20.5. The Balaban J connectivity index is 0.000000188. The van der Waals surface area contributed by atoms with Gasteiger partial charge >= 0.3 is 11.9 Å². The van der Waals surface area contributed by atoms with Gasteiger partial charge in [-0.15, -0.1) is 0 Å². The predicted molar refractivity (Wildman–Crippen MR) is 98.5 cm³/mol. The Morgan fingerprint density at radius 1 is 0.760 bits per heavy atom. The van der Waals surface area contributed by atoms with Crippen LogP contribution < -0.4 is 11.5 Å². The maximum atomic E-state index is 10.2. The first kappa shape index (κ1) is 20.5. The first-order valence-corrected chi connectivity index (χ1v) is 8.37. The van der Waals surface area contributed by atoms with Gasteiger partial charge in [-0.2, -0.15) is 0 Å². The van der Waals surface area contributed by atoms with Crippen LogP contribution in [0.1, 0.15) is 30.4 Å². The van der Waals surface area contributed by atoms with Gasteiger partial charge in [0.05, 0.1) is 0 Å². The molecular formula is C20H26N2O3. The van der Waals surface area contributed by atoms with Crippen molar-refractivity contribution in [1.29, 1.82) is 0 Å². The lowest BCUT2D eigenvalue weighted by Gasteiger charge is -2.06. The summed E-state index contributed by atoms with van der Waals surface area (Å²) in [6, 6.07) is 20.2. The standard InChI is InChI=1S/C8H11N.C7H9N.C5H6O3/c9-7-6-8-4-2-1-3-5-8;8-6-7-4-2-1-3-5-7;6-4-2-1-3-5(7)8-4/h1-5H,6-7,9H2;1-5H,6,8H2;1-3H2. The highest BCUT2D eigenvalue weighted by molar-refractivity contribution is 5.87. The van der Waals surface area contributed by atoms with Crippen molar-refractivity contribution in [3.05, 3.63) is 71.8 Å². The van der Waals surface area contributed by atoms with E-state index in [2.05, 4.69) is 16.9 Å². The van der Waals surface area contributed by atoms with Crippen LogP contribution in [-0.2, 0) is 27.3 Å². The minimum Gasteiger partial charge on any atom is -0.393 e. The molecule has 1 saturated heterocycles. The molecule has 1 fully saturated rings. The van der Waals surface area contributed by atoms with E-state index in [1.54, 1.807) is 0 Å². The molecule has 1 aliphatic heterocycles. The maximum Gasteiger partial charge on any atom is 0.313 e. The van der Waals surface area contributed by atoms with Crippen molar-refractivity contribution in [2.45, 2.75) is 32.2 Å². The van der Waals surface area contributed by atoms with Gasteiger partial charge in [0.2, 0.25) is 0 Å². The number of carbonyl (C=O) groups excluding carboxylic acids is 2. The molecule has 0 atom stereocenters. The lowest BCUT2D eigenvalue weighted by atomic mass is 10.2. The van der Waals surface area contributed by atoms with Gasteiger partial charge in [-0.25, -0.2) is 0 Å². The minimum atomic E-state index is -0.388. The summed E-state index contributed by atoms with van der Waals surface area (Å²) in [6.07, 6.45) is 2.43. The first-order chi connectivity index (χ1) is 12.2. The molecule has 0 unspecified atom stereocenters. The van der Waals surface area contributed by atoms with E-state index in [0.717, 1.165) is 13.0 Å². The number of rotatable bonds is 3. The summed E-state index contributed by atoms with van der Waals surface area (Å²) in [7, 11) is 0. The second-order valence-electron chi connectivity index (χ2n) is 5.41. The average molecular weight is 342 g/mol. The van der Waals surface area contributed by atoms with Crippen molar-refractivity contribution >= 4 is 11.9 Å². The first-order valence-electron chi connectivity index (χ1n) is 8.37. The monoisotopic (exact) mass is 342 g/mol. The van der Waals surface area contributed by atoms with E-state index in [-0.39, 0.29) is 11.9 Å². The highest BCUT2D eigenvalue weighted by atomic mass is 16.6. The largest absolute Gasteiger partial charge is 0.393 e. The van der Waals surface area contributed by atoms with Crippen molar-refractivity contribution in [3.63, 3.8) is 0 Å². The molecule has 0 aromatic heterocycles. The summed E-state index contributed by atoms with van der Waals surface area (Å²) >= 11 is 0. The number of esters is 2. The maximum absolute atomic E-state index is 10.2. The Kier molecular flexibility index (Phi) is 10.6. The Morgan fingerprint density at radius 2 is 1.24 bits per heavy atom. The molecule has 3 rings (SSSR count). The topological polar surface area (TPSA) is 95.4 Å². The van der Waals surface area contributed by atoms with Crippen LogP contribution in [0.2, 0.25) is 0 Å². The molecule has 1 heterocycles. The predicted octanol–water partition coefficient (Wildman–Crippen LogP) is 2.57. The van der Waals surface area contributed by atoms with E-state index in [9.17, 15) is 9.59 Å². The lowest BCUT2D eigenvalue weighted by Crippen LogP contribution is -2.17. The number of hydrogen-bond donors (Lipinski definition) is 2. The van der Waals surface area contributed by atoms with E-state index in [0.29, 0.717) is 25.8 Å². The van der Waals surface area contributed by atoms with E-state index in [1.165, 1.54) is 11.1 Å². The van der Waals surface area contributed by atoms with Gasteiger partial charge in [0.15, 0.2) is 0 Å². The molecule has 1 aliphatic rings. The molecule has 0 spiro atoms.